The van der Waals surface area contributed by atoms with Crippen LogP contribution in [0.4, 0.5) is 0 Å². The SMILES string of the molecule is CC(NCCCCc1ccccc1)c1ccccc1. The molecule has 19 heavy (non-hydrogen) atoms. The molecule has 0 aliphatic carbocycles. The van der Waals surface area contributed by atoms with Gasteiger partial charge < -0.3 is 5.32 Å². The third-order valence-electron chi connectivity index (χ3n) is 3.49. The highest BCUT2D eigenvalue weighted by Gasteiger charge is 2.02. The summed E-state index contributed by atoms with van der Waals surface area (Å²) in [5.41, 5.74) is 2.81. The molecule has 0 bridgehead atoms. The first-order chi connectivity index (χ1) is 9.36. The molecule has 1 heteroatoms. The minimum atomic E-state index is 0.443. The van der Waals surface area contributed by atoms with Crippen LogP contribution in [0.15, 0.2) is 60.7 Å². The lowest BCUT2D eigenvalue weighted by Crippen LogP contribution is -2.19. The average Bonchev–Trinajstić information content (AvgIpc) is 2.49. The highest BCUT2D eigenvalue weighted by Crippen LogP contribution is 2.11. The molecule has 0 heterocycles. The van der Waals surface area contributed by atoms with E-state index in [1.807, 2.05) is 0 Å². The summed E-state index contributed by atoms with van der Waals surface area (Å²) in [6.07, 6.45) is 3.66. The Morgan fingerprint density at radius 3 is 2.16 bits per heavy atom. The molecule has 2 aromatic rings. The van der Waals surface area contributed by atoms with Crippen LogP contribution in [0.2, 0.25) is 0 Å². The number of rotatable bonds is 7. The van der Waals surface area contributed by atoms with Gasteiger partial charge in [-0.1, -0.05) is 60.7 Å². The number of aryl methyl sites for hydroxylation is 1. The van der Waals surface area contributed by atoms with Crippen LogP contribution in [0, 0.1) is 0 Å². The molecule has 100 valence electrons. The molecule has 0 aromatic heterocycles. The van der Waals surface area contributed by atoms with Crippen molar-refractivity contribution in [2.45, 2.75) is 32.2 Å². The van der Waals surface area contributed by atoms with Crippen LogP contribution in [0.5, 0.6) is 0 Å². The molecule has 2 aromatic carbocycles. The van der Waals surface area contributed by atoms with Gasteiger partial charge in [-0.15, -0.1) is 0 Å². The van der Waals surface area contributed by atoms with Crippen LogP contribution >= 0.6 is 0 Å². The van der Waals surface area contributed by atoms with E-state index in [9.17, 15) is 0 Å². The maximum absolute atomic E-state index is 3.59. The molecule has 1 unspecified atom stereocenters. The molecular formula is C18H23N. The second-order valence-electron chi connectivity index (χ2n) is 5.03. The van der Waals surface area contributed by atoms with Gasteiger partial charge in [0.2, 0.25) is 0 Å². The molecule has 1 N–H and O–H groups in total. The van der Waals surface area contributed by atoms with Crippen molar-refractivity contribution in [2.75, 3.05) is 6.54 Å². The smallest absolute Gasteiger partial charge is 0.0291 e. The maximum atomic E-state index is 3.59. The molecule has 0 amide bonds. The summed E-state index contributed by atoms with van der Waals surface area (Å²) in [4.78, 5) is 0. The Labute approximate surface area is 116 Å². The zero-order valence-corrected chi connectivity index (χ0v) is 11.7. The van der Waals surface area contributed by atoms with E-state index in [1.54, 1.807) is 0 Å². The van der Waals surface area contributed by atoms with Gasteiger partial charge in [-0.25, -0.2) is 0 Å². The first kappa shape index (κ1) is 13.8. The summed E-state index contributed by atoms with van der Waals surface area (Å²) in [6, 6.07) is 21.8. The van der Waals surface area contributed by atoms with E-state index in [1.165, 1.54) is 30.4 Å². The van der Waals surface area contributed by atoms with Gasteiger partial charge in [-0.05, 0) is 43.9 Å². The maximum Gasteiger partial charge on any atom is 0.0291 e. The third-order valence-corrected chi connectivity index (χ3v) is 3.49. The predicted molar refractivity (Wildman–Crippen MR) is 82.2 cm³/mol. The van der Waals surface area contributed by atoms with E-state index in [0.29, 0.717) is 6.04 Å². The molecule has 1 atom stereocenters. The second-order valence-corrected chi connectivity index (χ2v) is 5.03. The Hall–Kier alpha value is -1.60. The van der Waals surface area contributed by atoms with Crippen LogP contribution in [0.25, 0.3) is 0 Å². The number of benzene rings is 2. The van der Waals surface area contributed by atoms with Crippen molar-refractivity contribution in [3.63, 3.8) is 0 Å². The summed E-state index contributed by atoms with van der Waals surface area (Å²) in [5, 5.41) is 3.59. The first-order valence-electron chi connectivity index (χ1n) is 7.18. The largest absolute Gasteiger partial charge is 0.310 e. The van der Waals surface area contributed by atoms with Gasteiger partial charge in [0, 0.05) is 6.04 Å². The molecule has 1 nitrogen and oxygen atoms in total. The van der Waals surface area contributed by atoms with Crippen LogP contribution in [-0.2, 0) is 6.42 Å². The quantitative estimate of drug-likeness (QED) is 0.723. The van der Waals surface area contributed by atoms with E-state index < -0.39 is 0 Å². The lowest BCUT2D eigenvalue weighted by Gasteiger charge is -2.14. The highest BCUT2D eigenvalue weighted by atomic mass is 14.9. The monoisotopic (exact) mass is 253 g/mol. The lowest BCUT2D eigenvalue weighted by atomic mass is 10.1. The number of unbranched alkanes of at least 4 members (excludes halogenated alkanes) is 1. The van der Waals surface area contributed by atoms with Gasteiger partial charge >= 0.3 is 0 Å². The van der Waals surface area contributed by atoms with E-state index in [2.05, 4.69) is 72.9 Å². The Bertz CT molecular complexity index is 450. The number of nitrogens with one attached hydrogen (secondary N) is 1. The molecule has 0 aliphatic rings. The normalized spacial score (nSPS) is 12.3. The minimum absolute atomic E-state index is 0.443. The van der Waals surface area contributed by atoms with E-state index in [-0.39, 0.29) is 0 Å². The Balaban J connectivity index is 1.62. The summed E-state index contributed by atoms with van der Waals surface area (Å²) in [7, 11) is 0. The molecule has 0 fully saturated rings. The number of hydrogen-bond acceptors (Lipinski definition) is 1. The predicted octanol–water partition coefficient (Wildman–Crippen LogP) is 4.36. The molecular weight excluding hydrogens is 230 g/mol. The molecule has 2 rings (SSSR count). The zero-order chi connectivity index (χ0) is 13.3. The van der Waals surface area contributed by atoms with Crippen molar-refractivity contribution in [1.82, 2.24) is 5.32 Å². The fourth-order valence-corrected chi connectivity index (χ4v) is 2.28. The fraction of sp³-hybridized carbons (Fsp3) is 0.333. The Morgan fingerprint density at radius 2 is 1.47 bits per heavy atom. The standard InChI is InChI=1S/C18H23N/c1-16(18-13-6-3-7-14-18)19-15-9-8-12-17-10-4-2-5-11-17/h2-7,10-11,13-14,16,19H,8-9,12,15H2,1H3. The van der Waals surface area contributed by atoms with Crippen LogP contribution in [-0.4, -0.2) is 6.54 Å². The lowest BCUT2D eigenvalue weighted by molar-refractivity contribution is 0.546. The van der Waals surface area contributed by atoms with Gasteiger partial charge in [0.15, 0.2) is 0 Å². The van der Waals surface area contributed by atoms with Gasteiger partial charge in [0.05, 0.1) is 0 Å². The van der Waals surface area contributed by atoms with Crippen LogP contribution < -0.4 is 5.32 Å². The van der Waals surface area contributed by atoms with Gasteiger partial charge in [-0.2, -0.15) is 0 Å². The highest BCUT2D eigenvalue weighted by molar-refractivity contribution is 5.18. The Kier molecular flexibility index (Phi) is 5.64. The molecule has 0 aliphatic heterocycles. The molecule has 0 radical (unpaired) electrons. The van der Waals surface area contributed by atoms with Crippen molar-refractivity contribution in [3.05, 3.63) is 71.8 Å². The zero-order valence-electron chi connectivity index (χ0n) is 11.7. The van der Waals surface area contributed by atoms with Gasteiger partial charge in [0.25, 0.3) is 0 Å². The molecule has 0 saturated heterocycles. The summed E-state index contributed by atoms with van der Waals surface area (Å²) in [6.45, 7) is 3.31. The molecule has 0 saturated carbocycles. The van der Waals surface area contributed by atoms with Crippen molar-refractivity contribution >= 4 is 0 Å². The van der Waals surface area contributed by atoms with Gasteiger partial charge in [0.1, 0.15) is 0 Å². The van der Waals surface area contributed by atoms with Crippen molar-refractivity contribution < 1.29 is 0 Å². The average molecular weight is 253 g/mol. The van der Waals surface area contributed by atoms with E-state index in [4.69, 9.17) is 0 Å². The summed E-state index contributed by atoms with van der Waals surface area (Å²) in [5.74, 6) is 0. The fourth-order valence-electron chi connectivity index (χ4n) is 2.28. The first-order valence-corrected chi connectivity index (χ1v) is 7.18. The topological polar surface area (TPSA) is 12.0 Å². The molecule has 0 spiro atoms. The van der Waals surface area contributed by atoms with Crippen LogP contribution in [0.3, 0.4) is 0 Å². The van der Waals surface area contributed by atoms with E-state index >= 15 is 0 Å². The second kappa shape index (κ2) is 7.75. The van der Waals surface area contributed by atoms with Crippen molar-refractivity contribution in [2.24, 2.45) is 0 Å². The van der Waals surface area contributed by atoms with Gasteiger partial charge in [-0.3, -0.25) is 0 Å². The minimum Gasteiger partial charge on any atom is -0.310 e. The number of hydrogen-bond donors (Lipinski definition) is 1. The van der Waals surface area contributed by atoms with Crippen molar-refractivity contribution in [1.29, 1.82) is 0 Å². The summed E-state index contributed by atoms with van der Waals surface area (Å²) >= 11 is 0. The van der Waals surface area contributed by atoms with Crippen LogP contribution in [0.1, 0.15) is 36.9 Å². The van der Waals surface area contributed by atoms with E-state index in [0.717, 1.165) is 6.54 Å². The Morgan fingerprint density at radius 1 is 0.842 bits per heavy atom. The summed E-state index contributed by atoms with van der Waals surface area (Å²) < 4.78 is 0. The van der Waals surface area contributed by atoms with Crippen molar-refractivity contribution in [3.8, 4) is 0 Å². The third kappa shape index (κ3) is 4.88.